The second-order valence-corrected chi connectivity index (χ2v) is 17.3. The van der Waals surface area contributed by atoms with Crippen LogP contribution >= 0.6 is 0 Å². The highest BCUT2D eigenvalue weighted by molar-refractivity contribution is 6.78. The molecule has 0 heterocycles. The molecule has 0 aliphatic rings. The van der Waals surface area contributed by atoms with Crippen molar-refractivity contribution in [3.63, 3.8) is 0 Å². The zero-order valence-corrected chi connectivity index (χ0v) is 22.1. The standard InChI is InChI=1S/C20H45NO5Si2/c1-16(2)28(17(3)4,18(5)6)26-20(22)19(7)15-21(8)13-12-14-27(23-9,24-10)25-11/h16-19H,12-15H2,1-11H3. The summed E-state index contributed by atoms with van der Waals surface area (Å²) >= 11 is 0. The van der Waals surface area contributed by atoms with E-state index in [0.29, 0.717) is 23.2 Å². The molecule has 6 nitrogen and oxygen atoms in total. The zero-order chi connectivity index (χ0) is 22.1. The molecular formula is C20H45NO5Si2. The van der Waals surface area contributed by atoms with Gasteiger partial charge in [-0.25, -0.2) is 0 Å². The van der Waals surface area contributed by atoms with Crippen molar-refractivity contribution in [1.29, 1.82) is 0 Å². The van der Waals surface area contributed by atoms with E-state index in [1.54, 1.807) is 21.3 Å². The van der Waals surface area contributed by atoms with Crippen molar-refractivity contribution in [3.05, 3.63) is 0 Å². The summed E-state index contributed by atoms with van der Waals surface area (Å²) in [6.45, 7) is 16.7. The second-order valence-electron chi connectivity index (χ2n) is 8.80. The van der Waals surface area contributed by atoms with Gasteiger partial charge in [-0.3, -0.25) is 4.79 Å². The predicted molar refractivity (Wildman–Crippen MR) is 120 cm³/mol. The number of carbonyl (C=O) groups is 1. The van der Waals surface area contributed by atoms with Crippen LogP contribution in [0.5, 0.6) is 0 Å². The minimum atomic E-state index is -2.53. The minimum absolute atomic E-state index is 0.0518. The van der Waals surface area contributed by atoms with Crippen LogP contribution in [0.4, 0.5) is 0 Å². The summed E-state index contributed by atoms with van der Waals surface area (Å²) in [5.41, 5.74) is 1.20. The quantitative estimate of drug-likeness (QED) is 0.373. The van der Waals surface area contributed by atoms with Crippen molar-refractivity contribution >= 4 is 23.1 Å². The Hall–Kier alpha value is -0.256. The summed E-state index contributed by atoms with van der Waals surface area (Å²) in [4.78, 5) is 15.1. The summed E-state index contributed by atoms with van der Waals surface area (Å²) in [5, 5.41) is 0. The number of nitrogens with zero attached hydrogens (tertiary/aromatic N) is 1. The fraction of sp³-hybridized carbons (Fsp3) is 0.950. The topological polar surface area (TPSA) is 57.2 Å². The van der Waals surface area contributed by atoms with Crippen molar-refractivity contribution in [2.75, 3.05) is 41.5 Å². The van der Waals surface area contributed by atoms with E-state index in [2.05, 4.69) is 46.4 Å². The highest BCUT2D eigenvalue weighted by Gasteiger charge is 2.48. The molecule has 0 aromatic rings. The van der Waals surface area contributed by atoms with Crippen LogP contribution in [0.25, 0.3) is 0 Å². The Balaban J connectivity index is 4.80. The van der Waals surface area contributed by atoms with E-state index >= 15 is 0 Å². The van der Waals surface area contributed by atoms with Crippen molar-refractivity contribution in [3.8, 4) is 0 Å². The fourth-order valence-corrected chi connectivity index (χ4v) is 11.3. The third kappa shape index (κ3) is 7.21. The van der Waals surface area contributed by atoms with Crippen LogP contribution in [-0.2, 0) is 22.5 Å². The molecular weight excluding hydrogens is 390 g/mol. The van der Waals surface area contributed by atoms with Gasteiger partial charge in [0.25, 0.3) is 14.3 Å². The smallest absolute Gasteiger partial charge is 0.500 e. The van der Waals surface area contributed by atoms with Crippen molar-refractivity contribution in [2.45, 2.75) is 77.6 Å². The lowest BCUT2D eigenvalue weighted by Crippen LogP contribution is -2.50. The average molecular weight is 436 g/mol. The van der Waals surface area contributed by atoms with Crippen LogP contribution in [0, 0.1) is 5.92 Å². The molecule has 0 spiro atoms. The minimum Gasteiger partial charge on any atom is -0.518 e. The number of hydrogen-bond donors (Lipinski definition) is 0. The van der Waals surface area contributed by atoms with E-state index in [1.165, 1.54) is 0 Å². The van der Waals surface area contributed by atoms with E-state index in [4.69, 9.17) is 17.7 Å². The Morgan fingerprint density at radius 1 is 0.857 bits per heavy atom. The Morgan fingerprint density at radius 3 is 1.64 bits per heavy atom. The average Bonchev–Trinajstić information content (AvgIpc) is 2.62. The Labute approximate surface area is 175 Å². The monoisotopic (exact) mass is 435 g/mol. The first kappa shape index (κ1) is 27.7. The lowest BCUT2D eigenvalue weighted by molar-refractivity contribution is -0.140. The van der Waals surface area contributed by atoms with Gasteiger partial charge in [0.05, 0.1) is 5.92 Å². The van der Waals surface area contributed by atoms with Gasteiger partial charge in [0.15, 0.2) is 0 Å². The van der Waals surface area contributed by atoms with Gasteiger partial charge in [-0.15, -0.1) is 0 Å². The van der Waals surface area contributed by atoms with Gasteiger partial charge in [-0.1, -0.05) is 48.5 Å². The van der Waals surface area contributed by atoms with Gasteiger partial charge in [0.1, 0.15) is 0 Å². The van der Waals surface area contributed by atoms with Crippen LogP contribution in [0.1, 0.15) is 54.9 Å². The highest BCUT2D eigenvalue weighted by atomic mass is 28.4. The summed E-state index contributed by atoms with van der Waals surface area (Å²) in [6, 6.07) is 0.754. The highest BCUT2D eigenvalue weighted by Crippen LogP contribution is 2.42. The first-order valence-electron chi connectivity index (χ1n) is 10.5. The molecule has 0 saturated carbocycles. The van der Waals surface area contributed by atoms with Gasteiger partial charge in [-0.05, 0) is 36.6 Å². The van der Waals surface area contributed by atoms with Crippen LogP contribution in [-0.4, -0.2) is 69.5 Å². The van der Waals surface area contributed by atoms with E-state index < -0.39 is 17.1 Å². The fourth-order valence-electron chi connectivity index (χ4n) is 4.38. The van der Waals surface area contributed by atoms with Gasteiger partial charge < -0.3 is 22.6 Å². The lowest BCUT2D eigenvalue weighted by atomic mass is 10.2. The first-order chi connectivity index (χ1) is 12.9. The van der Waals surface area contributed by atoms with Crippen LogP contribution in [0.2, 0.25) is 22.7 Å². The Kier molecular flexibility index (Phi) is 12.3. The zero-order valence-electron chi connectivity index (χ0n) is 20.1. The van der Waals surface area contributed by atoms with Gasteiger partial charge in [-0.2, -0.15) is 0 Å². The largest absolute Gasteiger partial charge is 0.518 e. The van der Waals surface area contributed by atoms with Crippen molar-refractivity contribution in [2.24, 2.45) is 5.92 Å². The van der Waals surface area contributed by atoms with Crippen LogP contribution < -0.4 is 0 Å². The third-order valence-electron chi connectivity index (χ3n) is 5.93. The molecule has 0 aliphatic carbocycles. The molecule has 168 valence electrons. The summed E-state index contributed by atoms with van der Waals surface area (Å²) in [7, 11) is 2.23. The maximum absolute atomic E-state index is 12.9. The van der Waals surface area contributed by atoms with E-state index in [-0.39, 0.29) is 11.9 Å². The molecule has 0 rings (SSSR count). The summed E-state index contributed by atoms with van der Waals surface area (Å²) in [5.74, 6) is -0.202. The second kappa shape index (κ2) is 12.4. The van der Waals surface area contributed by atoms with Gasteiger partial charge >= 0.3 is 8.80 Å². The molecule has 1 atom stereocenters. The molecule has 1 unspecified atom stereocenters. The maximum atomic E-state index is 12.9. The molecule has 0 aromatic carbocycles. The molecule has 0 aromatic heterocycles. The molecule has 0 aliphatic heterocycles. The molecule has 0 radical (unpaired) electrons. The lowest BCUT2D eigenvalue weighted by Gasteiger charge is -2.42. The van der Waals surface area contributed by atoms with Gasteiger partial charge in [0, 0.05) is 33.9 Å². The molecule has 0 saturated heterocycles. The third-order valence-corrected chi connectivity index (χ3v) is 14.7. The van der Waals surface area contributed by atoms with Gasteiger partial charge in [0.2, 0.25) is 0 Å². The predicted octanol–water partition coefficient (Wildman–Crippen LogP) is 4.54. The molecule has 0 bridgehead atoms. The Bertz CT molecular complexity index is 426. The van der Waals surface area contributed by atoms with Crippen LogP contribution in [0.3, 0.4) is 0 Å². The SMILES string of the molecule is CO[Si](CCCN(C)CC(C)C(=O)O[Si](C(C)C)(C(C)C)C(C)C)(OC)OC. The maximum Gasteiger partial charge on any atom is 0.500 e. The van der Waals surface area contributed by atoms with E-state index in [9.17, 15) is 4.79 Å². The van der Waals surface area contributed by atoms with E-state index in [1.807, 2.05) is 14.0 Å². The molecule has 0 amide bonds. The molecule has 0 N–H and O–H groups in total. The first-order valence-corrected chi connectivity index (χ1v) is 14.6. The van der Waals surface area contributed by atoms with E-state index in [0.717, 1.165) is 19.0 Å². The molecule has 0 fully saturated rings. The van der Waals surface area contributed by atoms with Crippen molar-refractivity contribution in [1.82, 2.24) is 4.90 Å². The number of hydrogen-bond acceptors (Lipinski definition) is 6. The summed E-state index contributed by atoms with van der Waals surface area (Å²) < 4.78 is 22.7. The number of rotatable bonds is 14. The number of carbonyl (C=O) groups excluding carboxylic acids is 1. The van der Waals surface area contributed by atoms with Crippen molar-refractivity contribution < 1.29 is 22.5 Å². The van der Waals surface area contributed by atoms with Crippen LogP contribution in [0.15, 0.2) is 0 Å². The normalized spacial score (nSPS) is 14.4. The molecule has 28 heavy (non-hydrogen) atoms. The molecule has 8 heteroatoms. The summed E-state index contributed by atoms with van der Waals surface area (Å²) in [6.07, 6.45) is 0.892. The Morgan fingerprint density at radius 2 is 1.29 bits per heavy atom.